The van der Waals surface area contributed by atoms with Crippen molar-refractivity contribution in [1.29, 1.82) is 0 Å². The van der Waals surface area contributed by atoms with Crippen LogP contribution in [0.2, 0.25) is 0 Å². The molecule has 0 aromatic heterocycles. The van der Waals surface area contributed by atoms with Crippen LogP contribution in [-0.4, -0.2) is 12.7 Å². The van der Waals surface area contributed by atoms with Gasteiger partial charge in [-0.2, -0.15) is 0 Å². The van der Waals surface area contributed by atoms with Crippen LogP contribution in [0.4, 0.5) is 0 Å². The summed E-state index contributed by atoms with van der Waals surface area (Å²) in [5.41, 5.74) is 0.660. The van der Waals surface area contributed by atoms with Crippen molar-refractivity contribution in [2.75, 3.05) is 7.11 Å². The van der Waals surface area contributed by atoms with Gasteiger partial charge >= 0.3 is 0 Å². The number of hydrogen-bond acceptors (Lipinski definition) is 2. The minimum atomic E-state index is -0.339. The highest BCUT2D eigenvalue weighted by atomic mass is 16.5. The second-order valence-corrected chi connectivity index (χ2v) is 4.07. The first-order valence-electron chi connectivity index (χ1n) is 4.95. The Hall–Kier alpha value is -1.44. The molecule has 2 heteroatoms. The molecule has 0 atom stereocenters. The van der Waals surface area contributed by atoms with Crippen molar-refractivity contribution in [1.82, 2.24) is 0 Å². The molecule has 0 aliphatic carbocycles. The molecule has 0 unspecified atom stereocenters. The van der Waals surface area contributed by atoms with Gasteiger partial charge in [-0.15, -0.1) is 0 Å². The number of rotatable bonds is 4. The number of benzene rings is 1. The molecule has 2 nitrogen and oxygen atoms in total. The van der Waals surface area contributed by atoms with Gasteiger partial charge in [-0.05, 0) is 50.6 Å². The average Bonchev–Trinajstić information content (AvgIpc) is 2.18. The van der Waals surface area contributed by atoms with Gasteiger partial charge in [0.15, 0.2) is 0 Å². The van der Waals surface area contributed by atoms with E-state index in [0.29, 0.717) is 0 Å². The summed E-state index contributed by atoms with van der Waals surface area (Å²) in [5, 5.41) is 0. The van der Waals surface area contributed by atoms with Gasteiger partial charge in [0.25, 0.3) is 0 Å². The van der Waals surface area contributed by atoms with Crippen molar-refractivity contribution < 1.29 is 9.47 Å². The van der Waals surface area contributed by atoms with E-state index >= 15 is 0 Å². The van der Waals surface area contributed by atoms with E-state index in [-0.39, 0.29) is 5.60 Å². The Morgan fingerprint density at radius 2 is 1.60 bits per heavy atom. The van der Waals surface area contributed by atoms with Gasteiger partial charge < -0.3 is 9.47 Å². The summed E-state index contributed by atoms with van der Waals surface area (Å²) in [6.45, 7) is 9.87. The lowest BCUT2D eigenvalue weighted by Crippen LogP contribution is -2.28. The van der Waals surface area contributed by atoms with Gasteiger partial charge in [0, 0.05) is 0 Å². The minimum absolute atomic E-state index is 0.339. The van der Waals surface area contributed by atoms with Crippen molar-refractivity contribution >= 4 is 0 Å². The molecule has 0 saturated heterocycles. The number of ether oxygens (including phenoxy) is 2. The smallest absolute Gasteiger partial charge is 0.124 e. The molecule has 1 aromatic carbocycles. The van der Waals surface area contributed by atoms with Gasteiger partial charge in [0.2, 0.25) is 0 Å². The number of hydrogen-bond donors (Lipinski definition) is 0. The van der Waals surface area contributed by atoms with Gasteiger partial charge in [-0.3, -0.25) is 0 Å². The van der Waals surface area contributed by atoms with Crippen LogP contribution < -0.4 is 9.47 Å². The molecule has 0 amide bonds. The molecule has 0 aliphatic heterocycles. The third kappa shape index (κ3) is 3.01. The zero-order valence-electron chi connectivity index (χ0n) is 9.83. The molecule has 0 spiro atoms. The molecule has 0 N–H and O–H groups in total. The van der Waals surface area contributed by atoms with Crippen LogP contribution in [0.5, 0.6) is 11.5 Å². The molecular formula is C13H18O2. The lowest BCUT2D eigenvalue weighted by atomic mass is 10.0. The van der Waals surface area contributed by atoms with Crippen molar-refractivity contribution in [3.8, 4) is 11.5 Å². The molecule has 1 aromatic rings. The Labute approximate surface area is 91.5 Å². The van der Waals surface area contributed by atoms with E-state index in [0.717, 1.165) is 17.1 Å². The first kappa shape index (κ1) is 11.6. The van der Waals surface area contributed by atoms with Crippen molar-refractivity contribution in [3.05, 3.63) is 36.4 Å². The van der Waals surface area contributed by atoms with E-state index in [1.54, 1.807) is 7.11 Å². The lowest BCUT2D eigenvalue weighted by Gasteiger charge is -2.26. The molecule has 0 saturated carbocycles. The molecule has 0 fully saturated rings. The summed E-state index contributed by atoms with van der Waals surface area (Å²) in [6.07, 6.45) is 0. The van der Waals surface area contributed by atoms with Crippen LogP contribution in [0.1, 0.15) is 20.8 Å². The summed E-state index contributed by atoms with van der Waals surface area (Å²) >= 11 is 0. The maximum atomic E-state index is 5.81. The molecule has 0 heterocycles. The van der Waals surface area contributed by atoms with Crippen LogP contribution in [0.25, 0.3) is 0 Å². The summed E-state index contributed by atoms with van der Waals surface area (Å²) in [4.78, 5) is 0. The molecular weight excluding hydrogens is 188 g/mol. The first-order chi connectivity index (χ1) is 6.95. The fourth-order valence-electron chi connectivity index (χ4n) is 1.03. The molecule has 1 rings (SSSR count). The fourth-order valence-corrected chi connectivity index (χ4v) is 1.03. The fraction of sp³-hybridized carbons (Fsp3) is 0.385. The van der Waals surface area contributed by atoms with E-state index in [2.05, 4.69) is 6.58 Å². The summed E-state index contributed by atoms with van der Waals surface area (Å²) in [6, 6.07) is 7.54. The van der Waals surface area contributed by atoms with Gasteiger partial charge in [0.1, 0.15) is 17.1 Å². The first-order valence-corrected chi connectivity index (χ1v) is 4.95. The third-order valence-electron chi connectivity index (χ3n) is 2.46. The van der Waals surface area contributed by atoms with E-state index in [4.69, 9.17) is 9.47 Å². The van der Waals surface area contributed by atoms with E-state index in [1.807, 2.05) is 45.0 Å². The van der Waals surface area contributed by atoms with Crippen LogP contribution >= 0.6 is 0 Å². The van der Waals surface area contributed by atoms with Crippen molar-refractivity contribution in [3.63, 3.8) is 0 Å². The predicted molar refractivity (Wildman–Crippen MR) is 62.5 cm³/mol. The summed E-state index contributed by atoms with van der Waals surface area (Å²) in [5.74, 6) is 1.65. The van der Waals surface area contributed by atoms with Crippen LogP contribution in [0, 0.1) is 0 Å². The standard InChI is InChI=1S/C13H18O2/c1-10(2)13(3,4)15-12-8-6-11(14-5)7-9-12/h6-9H,1H2,2-5H3. The zero-order valence-corrected chi connectivity index (χ0v) is 9.83. The molecule has 0 aliphatic rings. The van der Waals surface area contributed by atoms with Crippen LogP contribution in [0.3, 0.4) is 0 Å². The largest absolute Gasteiger partial charge is 0.497 e. The molecule has 15 heavy (non-hydrogen) atoms. The monoisotopic (exact) mass is 206 g/mol. The normalized spacial score (nSPS) is 10.9. The van der Waals surface area contributed by atoms with E-state index < -0.39 is 0 Å². The summed E-state index contributed by atoms with van der Waals surface area (Å²) < 4.78 is 10.9. The lowest BCUT2D eigenvalue weighted by molar-refractivity contribution is 0.149. The van der Waals surface area contributed by atoms with Crippen molar-refractivity contribution in [2.24, 2.45) is 0 Å². The number of methoxy groups -OCH3 is 1. The topological polar surface area (TPSA) is 18.5 Å². The summed E-state index contributed by atoms with van der Waals surface area (Å²) in [7, 11) is 1.65. The van der Waals surface area contributed by atoms with Gasteiger partial charge in [-0.25, -0.2) is 0 Å². The maximum absolute atomic E-state index is 5.81. The molecule has 0 bridgehead atoms. The second-order valence-electron chi connectivity index (χ2n) is 4.07. The highest BCUT2D eigenvalue weighted by molar-refractivity contribution is 5.32. The Morgan fingerprint density at radius 1 is 1.13 bits per heavy atom. The highest BCUT2D eigenvalue weighted by Gasteiger charge is 2.20. The van der Waals surface area contributed by atoms with Crippen molar-refractivity contribution in [2.45, 2.75) is 26.4 Å². The predicted octanol–water partition coefficient (Wildman–Crippen LogP) is 3.43. The van der Waals surface area contributed by atoms with E-state index in [9.17, 15) is 0 Å². The van der Waals surface area contributed by atoms with Crippen LogP contribution in [-0.2, 0) is 0 Å². The maximum Gasteiger partial charge on any atom is 0.124 e. The van der Waals surface area contributed by atoms with E-state index in [1.165, 1.54) is 0 Å². The third-order valence-corrected chi connectivity index (χ3v) is 2.46. The molecule has 0 radical (unpaired) electrons. The highest BCUT2D eigenvalue weighted by Crippen LogP contribution is 2.25. The van der Waals surface area contributed by atoms with Gasteiger partial charge in [-0.1, -0.05) is 6.58 Å². The molecule has 82 valence electrons. The van der Waals surface area contributed by atoms with Gasteiger partial charge in [0.05, 0.1) is 7.11 Å². The Balaban J connectivity index is 2.77. The minimum Gasteiger partial charge on any atom is -0.497 e. The zero-order chi connectivity index (χ0) is 11.5. The Kier molecular flexibility index (Phi) is 3.40. The Morgan fingerprint density at radius 3 is 2.00 bits per heavy atom. The SMILES string of the molecule is C=C(C)C(C)(C)Oc1ccc(OC)cc1. The Bertz CT molecular complexity index is 336. The second kappa shape index (κ2) is 4.39. The average molecular weight is 206 g/mol. The quantitative estimate of drug-likeness (QED) is 0.703. The van der Waals surface area contributed by atoms with Crippen LogP contribution in [0.15, 0.2) is 36.4 Å².